The van der Waals surface area contributed by atoms with Crippen molar-refractivity contribution in [3.8, 4) is 22.5 Å². The molecule has 30 heavy (non-hydrogen) atoms. The molecule has 0 saturated heterocycles. The number of aryl methyl sites for hydroxylation is 1. The molecule has 0 aliphatic rings. The standard InChI is InChI=1S/C21H18N6O2S/c1-13-7-17(25-12-24-13)14-3-2-4-15(8-14)18-11-30-21(26-18)27-19(28)10-23-20(29)16-5-6-22-9-16/h2-9,11-12,22H,10H2,1H3,(H,23,29)(H,26,27,28). The lowest BCUT2D eigenvalue weighted by Crippen LogP contribution is -2.32. The van der Waals surface area contributed by atoms with E-state index in [1.54, 1.807) is 24.8 Å². The molecule has 3 heterocycles. The van der Waals surface area contributed by atoms with Gasteiger partial charge in [-0.25, -0.2) is 15.0 Å². The van der Waals surface area contributed by atoms with E-state index in [1.807, 2.05) is 42.6 Å². The molecule has 0 spiro atoms. The number of aromatic nitrogens is 4. The maximum absolute atomic E-state index is 12.1. The first-order valence-corrected chi connectivity index (χ1v) is 10.0. The Labute approximate surface area is 176 Å². The maximum atomic E-state index is 12.1. The highest BCUT2D eigenvalue weighted by molar-refractivity contribution is 7.14. The van der Waals surface area contributed by atoms with Crippen molar-refractivity contribution < 1.29 is 9.59 Å². The minimum atomic E-state index is -0.343. The Bertz CT molecular complexity index is 1190. The zero-order valence-electron chi connectivity index (χ0n) is 16.0. The van der Waals surface area contributed by atoms with Crippen molar-refractivity contribution in [2.24, 2.45) is 0 Å². The van der Waals surface area contributed by atoms with E-state index in [0.717, 1.165) is 28.2 Å². The molecule has 0 aliphatic carbocycles. The summed E-state index contributed by atoms with van der Waals surface area (Å²) in [5, 5.41) is 7.62. The number of carbonyl (C=O) groups is 2. The summed E-state index contributed by atoms with van der Waals surface area (Å²) in [5.74, 6) is -0.659. The van der Waals surface area contributed by atoms with Crippen LogP contribution in [0.25, 0.3) is 22.5 Å². The topological polar surface area (TPSA) is 113 Å². The molecule has 150 valence electrons. The van der Waals surface area contributed by atoms with Crippen molar-refractivity contribution in [1.29, 1.82) is 0 Å². The van der Waals surface area contributed by atoms with Crippen LogP contribution in [0.3, 0.4) is 0 Å². The van der Waals surface area contributed by atoms with Crippen LogP contribution >= 0.6 is 11.3 Å². The molecule has 0 saturated carbocycles. The number of nitrogens with one attached hydrogen (secondary N) is 3. The third kappa shape index (κ3) is 4.58. The van der Waals surface area contributed by atoms with E-state index in [-0.39, 0.29) is 18.4 Å². The lowest BCUT2D eigenvalue weighted by atomic mass is 10.1. The van der Waals surface area contributed by atoms with Crippen LogP contribution in [0.1, 0.15) is 16.1 Å². The van der Waals surface area contributed by atoms with E-state index in [0.29, 0.717) is 10.7 Å². The predicted octanol–water partition coefficient (Wildman–Crippen LogP) is 3.27. The fourth-order valence-corrected chi connectivity index (χ4v) is 3.54. The third-order valence-electron chi connectivity index (χ3n) is 4.28. The van der Waals surface area contributed by atoms with Gasteiger partial charge in [0.15, 0.2) is 5.13 Å². The van der Waals surface area contributed by atoms with Crippen molar-refractivity contribution in [2.45, 2.75) is 6.92 Å². The van der Waals surface area contributed by atoms with Gasteiger partial charge in [0, 0.05) is 34.6 Å². The van der Waals surface area contributed by atoms with Gasteiger partial charge >= 0.3 is 0 Å². The normalized spacial score (nSPS) is 10.6. The fraction of sp³-hybridized carbons (Fsp3) is 0.0952. The van der Waals surface area contributed by atoms with E-state index >= 15 is 0 Å². The van der Waals surface area contributed by atoms with Gasteiger partial charge in [-0.1, -0.05) is 18.2 Å². The minimum absolute atomic E-state index is 0.137. The second-order valence-electron chi connectivity index (χ2n) is 6.49. The van der Waals surface area contributed by atoms with Crippen molar-refractivity contribution in [1.82, 2.24) is 25.3 Å². The Morgan fingerprint density at radius 2 is 1.93 bits per heavy atom. The number of H-pyrrole nitrogens is 1. The van der Waals surface area contributed by atoms with Crippen LogP contribution in [0.15, 0.2) is 60.5 Å². The summed E-state index contributed by atoms with van der Waals surface area (Å²) in [7, 11) is 0. The van der Waals surface area contributed by atoms with Crippen molar-refractivity contribution in [2.75, 3.05) is 11.9 Å². The number of carbonyl (C=O) groups excluding carboxylic acids is 2. The Balaban J connectivity index is 1.41. The number of nitrogens with zero attached hydrogens (tertiary/aromatic N) is 3. The molecule has 0 atom stereocenters. The van der Waals surface area contributed by atoms with Gasteiger partial charge < -0.3 is 15.6 Å². The Hall–Kier alpha value is -3.85. The molecule has 0 radical (unpaired) electrons. The number of hydrogen-bond donors (Lipinski definition) is 3. The number of amides is 2. The van der Waals surface area contributed by atoms with Crippen LogP contribution in [-0.2, 0) is 4.79 Å². The first kappa shape index (κ1) is 19.5. The number of anilines is 1. The van der Waals surface area contributed by atoms with Gasteiger partial charge in [-0.15, -0.1) is 11.3 Å². The van der Waals surface area contributed by atoms with E-state index in [4.69, 9.17) is 0 Å². The summed E-state index contributed by atoms with van der Waals surface area (Å²) < 4.78 is 0. The Morgan fingerprint density at radius 3 is 2.70 bits per heavy atom. The molecule has 0 aliphatic heterocycles. The highest BCUT2D eigenvalue weighted by atomic mass is 32.1. The average molecular weight is 418 g/mol. The molecule has 8 nitrogen and oxygen atoms in total. The zero-order chi connectivity index (χ0) is 20.9. The second kappa shape index (κ2) is 8.66. The molecule has 1 aromatic carbocycles. The SMILES string of the molecule is Cc1cc(-c2cccc(-c3csc(NC(=O)CNC(=O)c4cc[nH]c4)n3)c2)ncn1. The first-order valence-electron chi connectivity index (χ1n) is 9.14. The lowest BCUT2D eigenvalue weighted by Gasteiger charge is -2.04. The molecule has 0 bridgehead atoms. The molecular weight excluding hydrogens is 400 g/mol. The third-order valence-corrected chi connectivity index (χ3v) is 5.04. The van der Waals surface area contributed by atoms with Crippen LogP contribution in [0.4, 0.5) is 5.13 Å². The Kier molecular flexibility index (Phi) is 5.62. The smallest absolute Gasteiger partial charge is 0.253 e. The Morgan fingerprint density at radius 1 is 1.10 bits per heavy atom. The predicted molar refractivity (Wildman–Crippen MR) is 115 cm³/mol. The van der Waals surface area contributed by atoms with E-state index < -0.39 is 0 Å². The maximum Gasteiger partial charge on any atom is 0.253 e. The summed E-state index contributed by atoms with van der Waals surface area (Å²) in [5.41, 5.74) is 4.83. The largest absolute Gasteiger partial charge is 0.367 e. The molecule has 2 amide bonds. The van der Waals surface area contributed by atoms with Crippen LogP contribution in [0.5, 0.6) is 0 Å². The molecule has 0 unspecified atom stereocenters. The molecule has 3 aromatic heterocycles. The number of benzene rings is 1. The van der Waals surface area contributed by atoms with Crippen LogP contribution in [0.2, 0.25) is 0 Å². The summed E-state index contributed by atoms with van der Waals surface area (Å²) in [6.45, 7) is 1.78. The van der Waals surface area contributed by atoms with Gasteiger partial charge in [-0.3, -0.25) is 9.59 Å². The van der Waals surface area contributed by atoms with Crippen LogP contribution in [0, 0.1) is 6.92 Å². The lowest BCUT2D eigenvalue weighted by molar-refractivity contribution is -0.115. The highest BCUT2D eigenvalue weighted by Gasteiger charge is 2.11. The number of aromatic amines is 1. The monoisotopic (exact) mass is 418 g/mol. The first-order chi connectivity index (χ1) is 14.6. The van der Waals surface area contributed by atoms with Crippen LogP contribution < -0.4 is 10.6 Å². The average Bonchev–Trinajstić information content (AvgIpc) is 3.45. The minimum Gasteiger partial charge on any atom is -0.367 e. The quantitative estimate of drug-likeness (QED) is 0.445. The van der Waals surface area contributed by atoms with E-state index in [9.17, 15) is 9.59 Å². The molecule has 4 rings (SSSR count). The summed E-state index contributed by atoms with van der Waals surface area (Å²) in [4.78, 5) is 39.7. The van der Waals surface area contributed by atoms with Gasteiger partial charge in [-0.2, -0.15) is 0 Å². The zero-order valence-corrected chi connectivity index (χ0v) is 16.9. The molecular formula is C21H18N6O2S. The number of hydrogen-bond acceptors (Lipinski definition) is 6. The fourth-order valence-electron chi connectivity index (χ4n) is 2.81. The summed E-state index contributed by atoms with van der Waals surface area (Å²) in [6, 6.07) is 11.4. The molecule has 4 aromatic rings. The van der Waals surface area contributed by atoms with E-state index in [2.05, 4.69) is 30.6 Å². The van der Waals surface area contributed by atoms with Crippen molar-refractivity contribution >= 4 is 28.3 Å². The molecule has 0 fully saturated rings. The van der Waals surface area contributed by atoms with Gasteiger partial charge in [0.1, 0.15) is 6.33 Å². The summed E-state index contributed by atoms with van der Waals surface area (Å²) in [6.07, 6.45) is 4.76. The number of rotatable bonds is 6. The second-order valence-corrected chi connectivity index (χ2v) is 7.35. The van der Waals surface area contributed by atoms with Gasteiger partial charge in [0.25, 0.3) is 5.91 Å². The van der Waals surface area contributed by atoms with Gasteiger partial charge in [-0.05, 0) is 25.1 Å². The molecule has 3 N–H and O–H groups in total. The van der Waals surface area contributed by atoms with Crippen molar-refractivity contribution in [3.05, 3.63) is 71.8 Å². The van der Waals surface area contributed by atoms with Gasteiger partial charge in [0.05, 0.1) is 23.5 Å². The van der Waals surface area contributed by atoms with Crippen LogP contribution in [-0.4, -0.2) is 38.3 Å². The summed E-state index contributed by atoms with van der Waals surface area (Å²) >= 11 is 1.32. The van der Waals surface area contributed by atoms with E-state index in [1.165, 1.54) is 11.3 Å². The van der Waals surface area contributed by atoms with Gasteiger partial charge in [0.2, 0.25) is 5.91 Å². The van der Waals surface area contributed by atoms with Crippen molar-refractivity contribution in [3.63, 3.8) is 0 Å². The molecule has 9 heteroatoms. The highest BCUT2D eigenvalue weighted by Crippen LogP contribution is 2.28. The number of thiazole rings is 1.